The SMILES string of the molecule is COc1cc(C)c(C[NH+](C)Cn2nnn(-c3cc(C)cc(C)c3)c2=S)cc1OC. The van der Waals surface area contributed by atoms with Gasteiger partial charge in [-0.3, -0.25) is 0 Å². The molecule has 3 rings (SSSR count). The maximum absolute atomic E-state index is 5.63. The summed E-state index contributed by atoms with van der Waals surface area (Å²) in [5.41, 5.74) is 5.62. The molecule has 1 N–H and O–H groups in total. The molecule has 0 aliphatic rings. The molecule has 1 heterocycles. The summed E-state index contributed by atoms with van der Waals surface area (Å²) in [4.78, 5) is 1.23. The average molecular weight is 415 g/mol. The molecule has 0 spiro atoms. The highest BCUT2D eigenvalue weighted by molar-refractivity contribution is 7.71. The first-order valence-electron chi connectivity index (χ1n) is 9.46. The Morgan fingerprint density at radius 1 is 0.931 bits per heavy atom. The number of hydrogen-bond acceptors (Lipinski definition) is 5. The number of aromatic nitrogens is 4. The van der Waals surface area contributed by atoms with Gasteiger partial charge in [0.15, 0.2) is 18.2 Å². The van der Waals surface area contributed by atoms with Crippen molar-refractivity contribution in [3.8, 4) is 17.2 Å². The van der Waals surface area contributed by atoms with Crippen LogP contribution >= 0.6 is 12.2 Å². The van der Waals surface area contributed by atoms with Crippen molar-refractivity contribution < 1.29 is 14.4 Å². The molecule has 0 fully saturated rings. The number of nitrogens with zero attached hydrogens (tertiary/aromatic N) is 4. The maximum Gasteiger partial charge on any atom is 0.225 e. The summed E-state index contributed by atoms with van der Waals surface area (Å²) >= 11 is 5.63. The topological polar surface area (TPSA) is 58.5 Å². The first-order chi connectivity index (χ1) is 13.8. The molecular formula is C21H28N5O2S+. The van der Waals surface area contributed by atoms with Gasteiger partial charge < -0.3 is 14.4 Å². The van der Waals surface area contributed by atoms with Crippen molar-refractivity contribution in [3.63, 3.8) is 0 Å². The summed E-state index contributed by atoms with van der Waals surface area (Å²) in [5, 5.41) is 8.55. The predicted molar refractivity (Wildman–Crippen MR) is 115 cm³/mol. The highest BCUT2D eigenvalue weighted by Gasteiger charge is 2.15. The van der Waals surface area contributed by atoms with Gasteiger partial charge in [-0.1, -0.05) is 6.07 Å². The van der Waals surface area contributed by atoms with Crippen LogP contribution in [-0.4, -0.2) is 41.1 Å². The summed E-state index contributed by atoms with van der Waals surface area (Å²) in [7, 11) is 5.40. The Bertz CT molecular complexity index is 1050. The van der Waals surface area contributed by atoms with Crippen LogP contribution in [-0.2, 0) is 13.2 Å². The molecule has 154 valence electrons. The Balaban J connectivity index is 1.79. The van der Waals surface area contributed by atoms with Gasteiger partial charge in [0.05, 0.1) is 27.0 Å². The van der Waals surface area contributed by atoms with Crippen molar-refractivity contribution in [2.24, 2.45) is 0 Å². The zero-order valence-corrected chi connectivity index (χ0v) is 18.6. The Kier molecular flexibility index (Phi) is 6.34. The molecular weight excluding hydrogens is 386 g/mol. The van der Waals surface area contributed by atoms with Gasteiger partial charge in [-0.2, -0.15) is 9.36 Å². The summed E-state index contributed by atoms with van der Waals surface area (Å²) < 4.78 is 14.9. The molecule has 0 bridgehead atoms. The number of benzene rings is 2. The lowest BCUT2D eigenvalue weighted by Gasteiger charge is -2.17. The van der Waals surface area contributed by atoms with E-state index in [9.17, 15) is 0 Å². The first kappa shape index (κ1) is 21.0. The lowest BCUT2D eigenvalue weighted by molar-refractivity contribution is -0.917. The van der Waals surface area contributed by atoms with E-state index in [0.29, 0.717) is 11.4 Å². The van der Waals surface area contributed by atoms with E-state index >= 15 is 0 Å². The molecule has 0 aliphatic carbocycles. The molecule has 7 nitrogen and oxygen atoms in total. The van der Waals surface area contributed by atoms with Crippen LogP contribution in [0.1, 0.15) is 22.3 Å². The highest BCUT2D eigenvalue weighted by atomic mass is 32.1. The molecule has 0 radical (unpaired) electrons. The van der Waals surface area contributed by atoms with Gasteiger partial charge >= 0.3 is 0 Å². The predicted octanol–water partition coefficient (Wildman–Crippen LogP) is 2.41. The van der Waals surface area contributed by atoms with E-state index < -0.39 is 0 Å². The van der Waals surface area contributed by atoms with Crippen LogP contribution in [0.4, 0.5) is 0 Å². The number of nitrogens with one attached hydrogen (secondary N) is 1. The number of methoxy groups -OCH3 is 2. The van der Waals surface area contributed by atoms with Gasteiger partial charge in [0.25, 0.3) is 0 Å². The fraction of sp³-hybridized carbons (Fsp3) is 0.381. The fourth-order valence-electron chi connectivity index (χ4n) is 3.46. The summed E-state index contributed by atoms with van der Waals surface area (Å²) in [6, 6.07) is 10.3. The van der Waals surface area contributed by atoms with Crippen LogP contribution in [0.2, 0.25) is 0 Å². The second-order valence-corrected chi connectivity index (χ2v) is 7.81. The van der Waals surface area contributed by atoms with Gasteiger partial charge in [0.2, 0.25) is 4.77 Å². The van der Waals surface area contributed by atoms with Crippen LogP contribution in [0.3, 0.4) is 0 Å². The number of tetrazole rings is 1. The molecule has 0 saturated heterocycles. The van der Waals surface area contributed by atoms with Crippen LogP contribution < -0.4 is 14.4 Å². The van der Waals surface area contributed by atoms with Crippen LogP contribution in [0.15, 0.2) is 30.3 Å². The van der Waals surface area contributed by atoms with Crippen molar-refractivity contribution >= 4 is 12.2 Å². The van der Waals surface area contributed by atoms with E-state index in [1.165, 1.54) is 21.6 Å². The Hall–Kier alpha value is -2.71. The monoisotopic (exact) mass is 414 g/mol. The first-order valence-corrected chi connectivity index (χ1v) is 9.87. The van der Waals surface area contributed by atoms with E-state index in [2.05, 4.69) is 56.4 Å². The molecule has 29 heavy (non-hydrogen) atoms. The van der Waals surface area contributed by atoms with E-state index in [-0.39, 0.29) is 0 Å². The Labute approximate surface area is 176 Å². The number of rotatable bonds is 7. The van der Waals surface area contributed by atoms with Crippen molar-refractivity contribution in [1.29, 1.82) is 0 Å². The Morgan fingerprint density at radius 3 is 2.17 bits per heavy atom. The van der Waals surface area contributed by atoms with Crippen LogP contribution in [0.5, 0.6) is 11.5 Å². The second kappa shape index (κ2) is 8.75. The summed E-state index contributed by atoms with van der Waals surface area (Å²) in [6.45, 7) is 7.61. The standard InChI is InChI=1S/C21H27N5O2S/c1-14-7-15(2)9-18(8-14)26-21(29)25(22-23-26)13-24(4)12-17-11-20(28-6)19(27-5)10-16(17)3/h7-11H,12-13H2,1-6H3/p+1. The van der Waals surface area contributed by atoms with Gasteiger partial charge in [-0.25, -0.2) is 0 Å². The van der Waals surface area contributed by atoms with Crippen molar-refractivity contribution in [2.75, 3.05) is 21.3 Å². The third-order valence-electron chi connectivity index (χ3n) is 4.84. The molecule has 1 atom stereocenters. The fourth-order valence-corrected chi connectivity index (χ4v) is 3.70. The minimum absolute atomic E-state index is 0.582. The van der Waals surface area contributed by atoms with Gasteiger partial charge in [0.1, 0.15) is 6.54 Å². The number of ether oxygens (including phenoxy) is 2. The molecule has 0 amide bonds. The average Bonchev–Trinajstić information content (AvgIpc) is 3.02. The smallest absolute Gasteiger partial charge is 0.225 e. The lowest BCUT2D eigenvalue weighted by atomic mass is 10.1. The molecule has 1 aromatic heterocycles. The van der Waals surface area contributed by atoms with E-state index in [1.54, 1.807) is 23.6 Å². The van der Waals surface area contributed by atoms with E-state index in [0.717, 1.165) is 29.3 Å². The Morgan fingerprint density at radius 2 is 1.55 bits per heavy atom. The van der Waals surface area contributed by atoms with Crippen LogP contribution in [0.25, 0.3) is 5.69 Å². The van der Waals surface area contributed by atoms with Gasteiger partial charge in [0, 0.05) is 5.56 Å². The molecule has 0 aliphatic heterocycles. The van der Waals surface area contributed by atoms with Crippen LogP contribution in [0, 0.1) is 25.5 Å². The highest BCUT2D eigenvalue weighted by Crippen LogP contribution is 2.29. The largest absolute Gasteiger partial charge is 0.493 e. The van der Waals surface area contributed by atoms with E-state index in [1.807, 2.05) is 12.1 Å². The zero-order chi connectivity index (χ0) is 21.1. The van der Waals surface area contributed by atoms with Crippen molar-refractivity contribution in [2.45, 2.75) is 34.0 Å². The third-order valence-corrected chi connectivity index (χ3v) is 5.23. The van der Waals surface area contributed by atoms with Crippen molar-refractivity contribution in [1.82, 2.24) is 19.8 Å². The lowest BCUT2D eigenvalue weighted by Crippen LogP contribution is -3.07. The second-order valence-electron chi connectivity index (χ2n) is 7.44. The minimum atomic E-state index is 0.582. The molecule has 3 aromatic rings. The zero-order valence-electron chi connectivity index (χ0n) is 17.8. The van der Waals surface area contributed by atoms with Crippen molar-refractivity contribution in [3.05, 3.63) is 57.4 Å². The molecule has 1 unspecified atom stereocenters. The number of aryl methyl sites for hydroxylation is 3. The molecule has 2 aromatic carbocycles. The molecule has 0 saturated carbocycles. The minimum Gasteiger partial charge on any atom is -0.493 e. The van der Waals surface area contributed by atoms with Gasteiger partial charge in [-0.15, -0.1) is 0 Å². The quantitative estimate of drug-likeness (QED) is 0.602. The number of hydrogen-bond donors (Lipinski definition) is 1. The number of quaternary nitrogens is 1. The summed E-state index contributed by atoms with van der Waals surface area (Å²) in [6.07, 6.45) is 0. The maximum atomic E-state index is 5.63. The third kappa shape index (κ3) is 4.65. The normalized spacial score (nSPS) is 12.1. The van der Waals surface area contributed by atoms with Gasteiger partial charge in [-0.05, 0) is 84.4 Å². The van der Waals surface area contributed by atoms with E-state index in [4.69, 9.17) is 21.7 Å². The molecule has 8 heteroatoms. The summed E-state index contributed by atoms with van der Waals surface area (Å²) in [5.74, 6) is 1.48.